The Bertz CT molecular complexity index is 525. The summed E-state index contributed by atoms with van der Waals surface area (Å²) in [6.45, 7) is 9.00. The molecule has 0 fully saturated rings. The summed E-state index contributed by atoms with van der Waals surface area (Å²) in [5.74, 6) is 1.38. The van der Waals surface area contributed by atoms with E-state index in [1.807, 2.05) is 13.0 Å². The Morgan fingerprint density at radius 2 is 1.95 bits per heavy atom. The summed E-state index contributed by atoms with van der Waals surface area (Å²) < 4.78 is 33.8. The highest BCUT2D eigenvalue weighted by Crippen LogP contribution is 2.17. The summed E-state index contributed by atoms with van der Waals surface area (Å²) in [5, 5.41) is 3.26. The Kier molecular flexibility index (Phi) is 6.86. The van der Waals surface area contributed by atoms with Crippen LogP contribution in [0.2, 0.25) is 0 Å². The lowest BCUT2D eigenvalue weighted by Crippen LogP contribution is -2.40. The van der Waals surface area contributed by atoms with Gasteiger partial charge >= 0.3 is 0 Å². The molecule has 0 saturated carbocycles. The van der Waals surface area contributed by atoms with Gasteiger partial charge in [-0.1, -0.05) is 13.8 Å². The van der Waals surface area contributed by atoms with Gasteiger partial charge in [-0.05, 0) is 38.9 Å². The third kappa shape index (κ3) is 6.17. The van der Waals surface area contributed by atoms with Crippen molar-refractivity contribution in [3.63, 3.8) is 0 Å². The fraction of sp³-hybridized carbons (Fsp3) is 0.714. The Balaban J connectivity index is 2.48. The number of rotatable bonds is 9. The molecule has 0 aliphatic carbocycles. The largest absolute Gasteiger partial charge is 0.465 e. The molecule has 0 aliphatic heterocycles. The van der Waals surface area contributed by atoms with E-state index in [1.54, 1.807) is 20.0 Å². The van der Waals surface area contributed by atoms with Gasteiger partial charge in [0.15, 0.2) is 0 Å². The molecular weight excluding hydrogens is 290 g/mol. The monoisotopic (exact) mass is 317 g/mol. The third-order valence-electron chi connectivity index (χ3n) is 3.13. The van der Waals surface area contributed by atoms with Gasteiger partial charge in [0.25, 0.3) is 10.2 Å². The smallest absolute Gasteiger partial charge is 0.279 e. The Morgan fingerprint density at radius 1 is 1.29 bits per heavy atom. The molecule has 0 saturated heterocycles. The van der Waals surface area contributed by atoms with Crippen molar-refractivity contribution in [3.8, 4) is 0 Å². The van der Waals surface area contributed by atoms with Crippen LogP contribution < -0.4 is 10.0 Å². The first-order chi connectivity index (χ1) is 9.72. The van der Waals surface area contributed by atoms with Gasteiger partial charge in [0.1, 0.15) is 11.5 Å². The second kappa shape index (κ2) is 7.93. The zero-order valence-corrected chi connectivity index (χ0v) is 14.3. The van der Waals surface area contributed by atoms with E-state index in [0.717, 1.165) is 18.7 Å². The number of nitrogens with zero attached hydrogens (tertiary/aromatic N) is 1. The lowest BCUT2D eigenvalue weighted by Gasteiger charge is -2.20. The van der Waals surface area contributed by atoms with Crippen LogP contribution in [-0.4, -0.2) is 38.9 Å². The van der Waals surface area contributed by atoms with Gasteiger partial charge in [0.2, 0.25) is 0 Å². The highest BCUT2D eigenvalue weighted by Gasteiger charge is 2.22. The van der Waals surface area contributed by atoms with Crippen LogP contribution in [0.25, 0.3) is 0 Å². The molecule has 21 heavy (non-hydrogen) atoms. The minimum absolute atomic E-state index is 0.389. The van der Waals surface area contributed by atoms with Crippen LogP contribution in [0.15, 0.2) is 16.5 Å². The Hall–Kier alpha value is -0.890. The molecule has 1 aromatic rings. The summed E-state index contributed by atoms with van der Waals surface area (Å²) in [7, 11) is -1.92. The van der Waals surface area contributed by atoms with Crippen molar-refractivity contribution in [1.29, 1.82) is 0 Å². The van der Waals surface area contributed by atoms with Crippen molar-refractivity contribution in [2.24, 2.45) is 0 Å². The van der Waals surface area contributed by atoms with Gasteiger partial charge in [-0.15, -0.1) is 0 Å². The van der Waals surface area contributed by atoms with Crippen LogP contribution in [-0.2, 0) is 10.2 Å². The van der Waals surface area contributed by atoms with Crippen molar-refractivity contribution >= 4 is 10.2 Å². The number of aryl methyl sites for hydroxylation is 1. The molecule has 122 valence electrons. The standard InChI is InChI=1S/C14H27N3O3S/c1-11(2)15-9-6-10-17(5)21(18,19)16-13(4)14-8-7-12(3)20-14/h7-8,11,13,15-16H,6,9-10H2,1-5H3. The number of nitrogens with one attached hydrogen (secondary N) is 2. The zero-order valence-electron chi connectivity index (χ0n) is 13.5. The molecule has 0 aliphatic rings. The maximum Gasteiger partial charge on any atom is 0.279 e. The molecule has 2 N–H and O–H groups in total. The molecule has 1 atom stereocenters. The fourth-order valence-electron chi connectivity index (χ4n) is 1.87. The predicted octanol–water partition coefficient (Wildman–Crippen LogP) is 1.80. The second-order valence-corrected chi connectivity index (χ2v) is 7.39. The van der Waals surface area contributed by atoms with Crippen LogP contribution in [0.1, 0.15) is 44.8 Å². The molecule has 1 heterocycles. The van der Waals surface area contributed by atoms with E-state index in [-0.39, 0.29) is 6.04 Å². The molecule has 0 bridgehead atoms. The van der Waals surface area contributed by atoms with E-state index in [0.29, 0.717) is 18.3 Å². The van der Waals surface area contributed by atoms with Gasteiger partial charge in [-0.3, -0.25) is 0 Å². The highest BCUT2D eigenvalue weighted by atomic mass is 32.2. The van der Waals surface area contributed by atoms with Gasteiger partial charge in [-0.25, -0.2) is 0 Å². The van der Waals surface area contributed by atoms with E-state index in [4.69, 9.17) is 4.42 Å². The second-order valence-electron chi connectivity index (χ2n) is 5.58. The minimum Gasteiger partial charge on any atom is -0.465 e. The number of hydrogen-bond acceptors (Lipinski definition) is 4. The van der Waals surface area contributed by atoms with Crippen molar-refractivity contribution in [1.82, 2.24) is 14.3 Å². The molecule has 6 nitrogen and oxygen atoms in total. The van der Waals surface area contributed by atoms with Gasteiger partial charge in [0, 0.05) is 19.6 Å². The maximum absolute atomic E-state index is 12.2. The molecule has 1 rings (SSSR count). The highest BCUT2D eigenvalue weighted by molar-refractivity contribution is 7.87. The lowest BCUT2D eigenvalue weighted by molar-refractivity contribution is 0.411. The van der Waals surface area contributed by atoms with Crippen LogP contribution in [0.4, 0.5) is 0 Å². The van der Waals surface area contributed by atoms with Gasteiger partial charge < -0.3 is 9.73 Å². The van der Waals surface area contributed by atoms with Crippen molar-refractivity contribution < 1.29 is 12.8 Å². The average Bonchev–Trinajstić information content (AvgIpc) is 2.80. The summed E-state index contributed by atoms with van der Waals surface area (Å²) in [6, 6.07) is 3.63. The van der Waals surface area contributed by atoms with E-state index in [1.165, 1.54) is 4.31 Å². The Labute approximate surface area is 128 Å². The van der Waals surface area contributed by atoms with E-state index < -0.39 is 10.2 Å². The van der Waals surface area contributed by atoms with Crippen LogP contribution in [0.3, 0.4) is 0 Å². The van der Waals surface area contributed by atoms with Crippen LogP contribution in [0, 0.1) is 6.92 Å². The SMILES string of the molecule is Cc1ccc(C(C)NS(=O)(=O)N(C)CCCNC(C)C)o1. The molecule has 0 aromatic carbocycles. The number of hydrogen-bond donors (Lipinski definition) is 2. The molecule has 1 aromatic heterocycles. The molecule has 0 spiro atoms. The quantitative estimate of drug-likeness (QED) is 0.681. The first-order valence-electron chi connectivity index (χ1n) is 7.25. The third-order valence-corrected chi connectivity index (χ3v) is 4.78. The fourth-order valence-corrected chi connectivity index (χ4v) is 2.98. The molecule has 0 amide bonds. The predicted molar refractivity (Wildman–Crippen MR) is 84.3 cm³/mol. The molecule has 7 heteroatoms. The molecular formula is C14H27N3O3S. The van der Waals surface area contributed by atoms with Crippen molar-refractivity contribution in [2.75, 3.05) is 20.1 Å². The molecule has 1 unspecified atom stereocenters. The molecule has 0 radical (unpaired) electrons. The van der Waals surface area contributed by atoms with E-state index >= 15 is 0 Å². The summed E-state index contributed by atoms with van der Waals surface area (Å²) >= 11 is 0. The average molecular weight is 317 g/mol. The van der Waals surface area contributed by atoms with Crippen LogP contribution >= 0.6 is 0 Å². The summed E-state index contributed by atoms with van der Waals surface area (Å²) in [4.78, 5) is 0. The topological polar surface area (TPSA) is 74.6 Å². The number of furan rings is 1. The van der Waals surface area contributed by atoms with E-state index in [9.17, 15) is 8.42 Å². The van der Waals surface area contributed by atoms with Crippen molar-refractivity contribution in [3.05, 3.63) is 23.7 Å². The first kappa shape index (κ1) is 18.2. The minimum atomic E-state index is -3.50. The lowest BCUT2D eigenvalue weighted by atomic mass is 10.3. The van der Waals surface area contributed by atoms with Gasteiger partial charge in [0.05, 0.1) is 6.04 Å². The van der Waals surface area contributed by atoms with Gasteiger partial charge in [-0.2, -0.15) is 17.4 Å². The first-order valence-corrected chi connectivity index (χ1v) is 8.69. The summed E-state index contributed by atoms with van der Waals surface area (Å²) in [6.07, 6.45) is 0.768. The van der Waals surface area contributed by atoms with E-state index in [2.05, 4.69) is 23.9 Å². The Morgan fingerprint density at radius 3 is 2.48 bits per heavy atom. The summed E-state index contributed by atoms with van der Waals surface area (Å²) in [5.41, 5.74) is 0. The maximum atomic E-state index is 12.2. The zero-order chi connectivity index (χ0) is 16.0. The normalized spacial score (nSPS) is 14.0. The van der Waals surface area contributed by atoms with Crippen LogP contribution in [0.5, 0.6) is 0 Å². The van der Waals surface area contributed by atoms with Crippen molar-refractivity contribution in [2.45, 2.75) is 46.2 Å².